The Hall–Kier alpha value is -2.97. The molecule has 156 valence electrons. The minimum Gasteiger partial charge on any atom is -0.497 e. The van der Waals surface area contributed by atoms with Crippen molar-refractivity contribution in [2.24, 2.45) is 5.92 Å². The van der Waals surface area contributed by atoms with Crippen molar-refractivity contribution in [3.8, 4) is 11.6 Å². The van der Waals surface area contributed by atoms with Crippen LogP contribution in [-0.4, -0.2) is 42.7 Å². The lowest BCUT2D eigenvalue weighted by Crippen LogP contribution is -2.42. The van der Waals surface area contributed by atoms with Gasteiger partial charge in [0.05, 0.1) is 13.7 Å². The van der Waals surface area contributed by atoms with Gasteiger partial charge in [0.15, 0.2) is 0 Å². The molecule has 0 bridgehead atoms. The number of anilines is 1. The van der Waals surface area contributed by atoms with Crippen molar-refractivity contribution in [3.05, 3.63) is 48.2 Å². The molecular formula is C20H22F3N3O3. The van der Waals surface area contributed by atoms with Crippen LogP contribution < -0.4 is 14.8 Å². The number of methoxy groups -OCH3 is 1. The smallest absolute Gasteiger partial charge is 0.433 e. The number of nitrogens with zero attached hydrogens (tertiary/aromatic N) is 2. The molecule has 2 amide bonds. The minimum absolute atomic E-state index is 0.0435. The Kier molecular flexibility index (Phi) is 6.46. The predicted molar refractivity (Wildman–Crippen MR) is 101 cm³/mol. The van der Waals surface area contributed by atoms with Gasteiger partial charge in [-0.1, -0.05) is 12.1 Å². The molecule has 1 saturated heterocycles. The number of nitrogens with one attached hydrogen (secondary N) is 1. The third-order valence-corrected chi connectivity index (χ3v) is 4.70. The Balaban J connectivity index is 1.46. The van der Waals surface area contributed by atoms with Gasteiger partial charge in [-0.05, 0) is 37.0 Å². The van der Waals surface area contributed by atoms with Crippen molar-refractivity contribution in [2.45, 2.75) is 19.0 Å². The molecule has 6 nitrogen and oxygen atoms in total. The molecule has 1 N–H and O–H groups in total. The average Bonchev–Trinajstić information content (AvgIpc) is 2.72. The van der Waals surface area contributed by atoms with Crippen LogP contribution in [0.5, 0.6) is 11.6 Å². The summed E-state index contributed by atoms with van der Waals surface area (Å²) in [6.45, 7) is 1.35. The summed E-state index contributed by atoms with van der Waals surface area (Å²) in [4.78, 5) is 17.6. The molecule has 1 fully saturated rings. The Morgan fingerprint density at radius 2 is 1.93 bits per heavy atom. The van der Waals surface area contributed by atoms with E-state index in [1.807, 2.05) is 0 Å². The van der Waals surface area contributed by atoms with Crippen LogP contribution >= 0.6 is 0 Å². The van der Waals surface area contributed by atoms with Gasteiger partial charge in [0.1, 0.15) is 11.4 Å². The van der Waals surface area contributed by atoms with Gasteiger partial charge in [0.2, 0.25) is 5.88 Å². The van der Waals surface area contributed by atoms with Crippen molar-refractivity contribution in [1.29, 1.82) is 0 Å². The van der Waals surface area contributed by atoms with Crippen molar-refractivity contribution in [2.75, 3.05) is 32.1 Å². The molecule has 1 aromatic heterocycles. The van der Waals surface area contributed by atoms with E-state index in [0.29, 0.717) is 37.4 Å². The number of carbonyl (C=O) groups excluding carboxylic acids is 1. The second-order valence-corrected chi connectivity index (χ2v) is 6.76. The summed E-state index contributed by atoms with van der Waals surface area (Å²) >= 11 is 0. The van der Waals surface area contributed by atoms with Crippen LogP contribution in [0.25, 0.3) is 0 Å². The lowest BCUT2D eigenvalue weighted by molar-refractivity contribution is -0.141. The van der Waals surface area contributed by atoms with Gasteiger partial charge in [-0.2, -0.15) is 13.2 Å². The van der Waals surface area contributed by atoms with Crippen LogP contribution in [0.2, 0.25) is 0 Å². The van der Waals surface area contributed by atoms with Crippen molar-refractivity contribution < 1.29 is 27.4 Å². The first kappa shape index (κ1) is 20.8. The Labute approximate surface area is 166 Å². The van der Waals surface area contributed by atoms with E-state index >= 15 is 0 Å². The maximum absolute atomic E-state index is 12.7. The molecule has 0 atom stereocenters. The molecule has 0 aliphatic carbocycles. The van der Waals surface area contributed by atoms with Crippen molar-refractivity contribution >= 4 is 11.7 Å². The average molecular weight is 409 g/mol. The van der Waals surface area contributed by atoms with E-state index in [1.54, 1.807) is 36.3 Å². The van der Waals surface area contributed by atoms with Crippen molar-refractivity contribution in [3.63, 3.8) is 0 Å². The molecule has 2 heterocycles. The molecule has 9 heteroatoms. The molecule has 0 unspecified atom stereocenters. The molecule has 0 saturated carbocycles. The first-order valence-corrected chi connectivity index (χ1v) is 9.22. The van der Waals surface area contributed by atoms with Gasteiger partial charge >= 0.3 is 12.2 Å². The predicted octanol–water partition coefficient (Wildman–Crippen LogP) is 4.43. The van der Waals surface area contributed by atoms with Crippen LogP contribution in [0, 0.1) is 5.92 Å². The van der Waals surface area contributed by atoms with E-state index in [9.17, 15) is 18.0 Å². The topological polar surface area (TPSA) is 63.7 Å². The number of alkyl halides is 3. The highest BCUT2D eigenvalue weighted by Crippen LogP contribution is 2.29. The standard InChI is InChI=1S/C20H22F3N3O3/c1-28-16-5-2-4-15(12-16)24-19(27)26-10-8-14(9-11-26)13-29-18-7-3-6-17(25-18)20(21,22)23/h2-7,12,14H,8-11,13H2,1H3,(H,24,27). The quantitative estimate of drug-likeness (QED) is 0.794. The zero-order chi connectivity index (χ0) is 20.9. The first-order chi connectivity index (χ1) is 13.8. The summed E-state index contributed by atoms with van der Waals surface area (Å²) in [5.74, 6) is 0.757. The third kappa shape index (κ3) is 5.75. The molecule has 2 aromatic rings. The van der Waals surface area contributed by atoms with Gasteiger partial charge in [-0.25, -0.2) is 9.78 Å². The normalized spacial score (nSPS) is 15.1. The maximum Gasteiger partial charge on any atom is 0.433 e. The first-order valence-electron chi connectivity index (χ1n) is 9.22. The number of rotatable bonds is 5. The van der Waals surface area contributed by atoms with Crippen molar-refractivity contribution in [1.82, 2.24) is 9.88 Å². The van der Waals surface area contributed by atoms with Gasteiger partial charge in [-0.3, -0.25) is 0 Å². The van der Waals surface area contributed by atoms with E-state index in [4.69, 9.17) is 9.47 Å². The van der Waals surface area contributed by atoms with Crippen LogP contribution in [-0.2, 0) is 6.18 Å². The summed E-state index contributed by atoms with van der Waals surface area (Å²) in [5, 5.41) is 2.84. The molecule has 3 rings (SSSR count). The van der Waals surface area contributed by atoms with Crippen LogP contribution in [0.15, 0.2) is 42.5 Å². The van der Waals surface area contributed by atoms with E-state index in [1.165, 1.54) is 12.1 Å². The van der Waals surface area contributed by atoms with Gasteiger partial charge in [-0.15, -0.1) is 0 Å². The highest BCUT2D eigenvalue weighted by molar-refractivity contribution is 5.89. The fourth-order valence-corrected chi connectivity index (χ4v) is 3.06. The van der Waals surface area contributed by atoms with Crippen LogP contribution in [0.1, 0.15) is 18.5 Å². The highest BCUT2D eigenvalue weighted by Gasteiger charge is 2.32. The van der Waals surface area contributed by atoms with E-state index in [2.05, 4.69) is 10.3 Å². The molecule has 0 spiro atoms. The number of amides is 2. The Morgan fingerprint density at radius 1 is 1.21 bits per heavy atom. The lowest BCUT2D eigenvalue weighted by atomic mass is 9.98. The number of pyridine rings is 1. The minimum atomic E-state index is -4.50. The molecule has 1 aromatic carbocycles. The largest absolute Gasteiger partial charge is 0.497 e. The highest BCUT2D eigenvalue weighted by atomic mass is 19.4. The van der Waals surface area contributed by atoms with E-state index in [-0.39, 0.29) is 24.4 Å². The second-order valence-electron chi connectivity index (χ2n) is 6.76. The van der Waals surface area contributed by atoms with Crippen LogP contribution in [0.3, 0.4) is 0 Å². The zero-order valence-electron chi connectivity index (χ0n) is 15.9. The molecule has 29 heavy (non-hydrogen) atoms. The summed E-state index contributed by atoms with van der Waals surface area (Å²) < 4.78 is 48.7. The summed E-state index contributed by atoms with van der Waals surface area (Å²) in [7, 11) is 1.56. The van der Waals surface area contributed by atoms with Gasteiger partial charge < -0.3 is 19.7 Å². The van der Waals surface area contributed by atoms with E-state index in [0.717, 1.165) is 6.07 Å². The molecule has 0 radical (unpaired) electrons. The number of carbonyl (C=O) groups is 1. The lowest BCUT2D eigenvalue weighted by Gasteiger charge is -2.31. The Bertz CT molecular complexity index is 837. The fraction of sp³-hybridized carbons (Fsp3) is 0.400. The number of piperidine rings is 1. The molecular weight excluding hydrogens is 387 g/mol. The maximum atomic E-state index is 12.7. The van der Waals surface area contributed by atoms with Gasteiger partial charge in [0, 0.05) is 30.9 Å². The number of hydrogen-bond acceptors (Lipinski definition) is 4. The Morgan fingerprint density at radius 3 is 2.62 bits per heavy atom. The zero-order valence-corrected chi connectivity index (χ0v) is 15.9. The van der Waals surface area contributed by atoms with Crippen LogP contribution in [0.4, 0.5) is 23.7 Å². The number of hydrogen-bond donors (Lipinski definition) is 1. The second kappa shape index (κ2) is 9.02. The summed E-state index contributed by atoms with van der Waals surface area (Å²) in [5.41, 5.74) is -0.325. The number of halogens is 3. The van der Waals surface area contributed by atoms with E-state index < -0.39 is 11.9 Å². The molecule has 1 aliphatic rings. The number of likely N-dealkylation sites (tertiary alicyclic amines) is 1. The number of aromatic nitrogens is 1. The number of urea groups is 1. The summed E-state index contributed by atoms with van der Waals surface area (Å²) in [6, 6.07) is 10.5. The van der Waals surface area contributed by atoms with Gasteiger partial charge in [0.25, 0.3) is 0 Å². The molecule has 1 aliphatic heterocycles. The monoisotopic (exact) mass is 409 g/mol. The number of ether oxygens (including phenoxy) is 2. The summed E-state index contributed by atoms with van der Waals surface area (Å²) in [6.07, 6.45) is -3.10. The number of benzene rings is 1. The SMILES string of the molecule is COc1cccc(NC(=O)N2CCC(COc3cccc(C(F)(F)F)n3)CC2)c1. The fourth-order valence-electron chi connectivity index (χ4n) is 3.06. The third-order valence-electron chi connectivity index (χ3n) is 4.70.